The number of hydrogen-bond acceptors (Lipinski definition) is 3. The molecule has 1 aliphatic rings. The largest absolute Gasteiger partial charge is 0.490 e. The first kappa shape index (κ1) is 18.7. The van der Waals surface area contributed by atoms with Crippen LogP contribution in [0.4, 0.5) is 0 Å². The molecule has 0 atom stereocenters. The number of ketones is 1. The Kier molecular flexibility index (Phi) is 5.21. The fourth-order valence-electron chi connectivity index (χ4n) is 4.24. The van der Waals surface area contributed by atoms with Gasteiger partial charge in [-0.2, -0.15) is 0 Å². The smallest absolute Gasteiger partial charge is 0.132 e. The van der Waals surface area contributed by atoms with Gasteiger partial charge in [-0.15, -0.1) is 0 Å². The minimum Gasteiger partial charge on any atom is -0.490 e. The summed E-state index contributed by atoms with van der Waals surface area (Å²) in [5, 5.41) is 0. The number of aryl methyl sites for hydroxylation is 2. The SMILES string of the molecule is CC(=O)C1CCC(Oc2ccc3nc(Cc4cccc(C)c4)n(C)c3c2)CC1. The first-order chi connectivity index (χ1) is 13.5. The van der Waals surface area contributed by atoms with Crippen molar-refractivity contribution in [2.24, 2.45) is 13.0 Å². The van der Waals surface area contributed by atoms with E-state index < -0.39 is 0 Å². The molecule has 4 heteroatoms. The molecule has 4 rings (SSSR count). The highest BCUT2D eigenvalue weighted by molar-refractivity contribution is 5.78. The Bertz CT molecular complexity index is 997. The summed E-state index contributed by atoms with van der Waals surface area (Å²) in [6, 6.07) is 14.7. The summed E-state index contributed by atoms with van der Waals surface area (Å²) in [7, 11) is 2.07. The number of hydrogen-bond donors (Lipinski definition) is 0. The molecular formula is C24H28N2O2. The van der Waals surface area contributed by atoms with Crippen LogP contribution in [0, 0.1) is 12.8 Å². The zero-order chi connectivity index (χ0) is 19.7. The lowest BCUT2D eigenvalue weighted by Crippen LogP contribution is -2.27. The van der Waals surface area contributed by atoms with Crippen LogP contribution in [0.25, 0.3) is 11.0 Å². The summed E-state index contributed by atoms with van der Waals surface area (Å²) in [6.07, 6.45) is 4.80. The first-order valence-electron chi connectivity index (χ1n) is 10.2. The van der Waals surface area contributed by atoms with Crippen LogP contribution in [-0.4, -0.2) is 21.4 Å². The van der Waals surface area contributed by atoms with E-state index in [9.17, 15) is 4.79 Å². The standard InChI is InChI=1S/C24H28N2O2/c1-16-5-4-6-18(13-16)14-24-25-22-12-11-21(15-23(22)26(24)3)28-20-9-7-19(8-10-20)17(2)27/h4-6,11-13,15,19-20H,7-10,14H2,1-3H3. The summed E-state index contributed by atoms with van der Waals surface area (Å²) in [5.74, 6) is 2.49. The maximum atomic E-state index is 11.5. The summed E-state index contributed by atoms with van der Waals surface area (Å²) in [4.78, 5) is 16.4. The van der Waals surface area contributed by atoms with Crippen molar-refractivity contribution >= 4 is 16.8 Å². The highest BCUT2D eigenvalue weighted by Gasteiger charge is 2.25. The van der Waals surface area contributed by atoms with Gasteiger partial charge in [-0.3, -0.25) is 4.79 Å². The van der Waals surface area contributed by atoms with Crippen LogP contribution >= 0.6 is 0 Å². The van der Waals surface area contributed by atoms with Gasteiger partial charge in [0.2, 0.25) is 0 Å². The highest BCUT2D eigenvalue weighted by atomic mass is 16.5. The van der Waals surface area contributed by atoms with E-state index in [-0.39, 0.29) is 12.0 Å². The fourth-order valence-corrected chi connectivity index (χ4v) is 4.24. The van der Waals surface area contributed by atoms with E-state index in [0.29, 0.717) is 5.78 Å². The molecule has 2 aromatic carbocycles. The molecule has 3 aromatic rings. The molecule has 0 radical (unpaired) electrons. The molecule has 146 valence electrons. The van der Waals surface area contributed by atoms with Gasteiger partial charge in [0, 0.05) is 25.5 Å². The van der Waals surface area contributed by atoms with Gasteiger partial charge in [-0.25, -0.2) is 4.98 Å². The summed E-state index contributed by atoms with van der Waals surface area (Å²) < 4.78 is 8.40. The average Bonchev–Trinajstić information content (AvgIpc) is 2.98. The maximum Gasteiger partial charge on any atom is 0.132 e. The lowest BCUT2D eigenvalue weighted by atomic mass is 9.85. The number of nitrogens with zero attached hydrogens (tertiary/aromatic N) is 2. The number of carbonyl (C=O) groups excluding carboxylic acids is 1. The van der Waals surface area contributed by atoms with E-state index in [1.165, 1.54) is 11.1 Å². The third-order valence-corrected chi connectivity index (χ3v) is 5.94. The Hall–Kier alpha value is -2.62. The number of ether oxygens (including phenoxy) is 1. The predicted octanol–water partition coefficient (Wildman–Crippen LogP) is 5.00. The number of aromatic nitrogens is 2. The molecular weight excluding hydrogens is 348 g/mol. The van der Waals surface area contributed by atoms with E-state index in [0.717, 1.165) is 54.7 Å². The van der Waals surface area contributed by atoms with Gasteiger partial charge in [-0.05, 0) is 57.2 Å². The molecule has 1 aromatic heterocycles. The third-order valence-electron chi connectivity index (χ3n) is 5.94. The van der Waals surface area contributed by atoms with Crippen LogP contribution in [0.15, 0.2) is 42.5 Å². The molecule has 0 spiro atoms. The van der Waals surface area contributed by atoms with Gasteiger partial charge >= 0.3 is 0 Å². The van der Waals surface area contributed by atoms with Crippen molar-refractivity contribution in [3.8, 4) is 5.75 Å². The number of Topliss-reactive ketones (excluding diaryl/α,β-unsaturated/α-hetero) is 1. The van der Waals surface area contributed by atoms with E-state index in [2.05, 4.69) is 48.9 Å². The fraction of sp³-hybridized carbons (Fsp3) is 0.417. The molecule has 1 aliphatic carbocycles. The number of benzene rings is 2. The van der Waals surface area contributed by atoms with Gasteiger partial charge in [-0.1, -0.05) is 29.8 Å². The number of imidazole rings is 1. The second-order valence-electron chi connectivity index (χ2n) is 8.11. The molecule has 1 fully saturated rings. The third kappa shape index (κ3) is 3.96. The Labute approximate surface area is 166 Å². The molecule has 1 heterocycles. The Morgan fingerprint density at radius 2 is 1.93 bits per heavy atom. The van der Waals surface area contributed by atoms with Crippen molar-refractivity contribution in [1.82, 2.24) is 9.55 Å². The summed E-state index contributed by atoms with van der Waals surface area (Å²) in [5.41, 5.74) is 4.64. The molecule has 0 saturated heterocycles. The zero-order valence-electron chi connectivity index (χ0n) is 16.9. The van der Waals surface area contributed by atoms with E-state index in [4.69, 9.17) is 9.72 Å². The topological polar surface area (TPSA) is 44.1 Å². The molecule has 0 aliphatic heterocycles. The van der Waals surface area contributed by atoms with E-state index in [1.54, 1.807) is 6.92 Å². The van der Waals surface area contributed by atoms with Crippen molar-refractivity contribution in [2.45, 2.75) is 52.1 Å². The molecule has 4 nitrogen and oxygen atoms in total. The minimum absolute atomic E-state index is 0.202. The van der Waals surface area contributed by atoms with Gasteiger partial charge in [0.15, 0.2) is 0 Å². The van der Waals surface area contributed by atoms with Crippen LogP contribution in [0.5, 0.6) is 5.75 Å². The van der Waals surface area contributed by atoms with Gasteiger partial charge in [0.05, 0.1) is 17.1 Å². The van der Waals surface area contributed by atoms with Crippen LogP contribution in [-0.2, 0) is 18.3 Å². The average molecular weight is 377 g/mol. The lowest BCUT2D eigenvalue weighted by molar-refractivity contribution is -0.122. The summed E-state index contributed by atoms with van der Waals surface area (Å²) >= 11 is 0. The molecule has 0 bridgehead atoms. The highest BCUT2D eigenvalue weighted by Crippen LogP contribution is 2.30. The minimum atomic E-state index is 0.202. The van der Waals surface area contributed by atoms with Crippen molar-refractivity contribution < 1.29 is 9.53 Å². The van der Waals surface area contributed by atoms with E-state index >= 15 is 0 Å². The van der Waals surface area contributed by atoms with Crippen LogP contribution in [0.1, 0.15) is 49.6 Å². The van der Waals surface area contributed by atoms with E-state index in [1.807, 2.05) is 12.1 Å². The molecule has 0 amide bonds. The van der Waals surface area contributed by atoms with Crippen LogP contribution in [0.2, 0.25) is 0 Å². The van der Waals surface area contributed by atoms with Crippen molar-refractivity contribution in [2.75, 3.05) is 0 Å². The monoisotopic (exact) mass is 376 g/mol. The summed E-state index contributed by atoms with van der Waals surface area (Å²) in [6.45, 7) is 3.82. The van der Waals surface area contributed by atoms with Crippen molar-refractivity contribution in [3.05, 3.63) is 59.4 Å². The quantitative estimate of drug-likeness (QED) is 0.629. The number of rotatable bonds is 5. The second kappa shape index (κ2) is 7.78. The molecule has 0 N–H and O–H groups in total. The number of fused-ring (bicyclic) bond motifs is 1. The van der Waals surface area contributed by atoms with Crippen LogP contribution < -0.4 is 4.74 Å². The molecule has 1 saturated carbocycles. The zero-order valence-corrected chi connectivity index (χ0v) is 16.9. The maximum absolute atomic E-state index is 11.5. The second-order valence-corrected chi connectivity index (χ2v) is 8.11. The lowest BCUT2D eigenvalue weighted by Gasteiger charge is -2.27. The van der Waals surface area contributed by atoms with Gasteiger partial charge in [0.25, 0.3) is 0 Å². The predicted molar refractivity (Wildman–Crippen MR) is 112 cm³/mol. The number of carbonyl (C=O) groups is 1. The van der Waals surface area contributed by atoms with Crippen molar-refractivity contribution in [1.29, 1.82) is 0 Å². The van der Waals surface area contributed by atoms with Gasteiger partial charge in [0.1, 0.15) is 17.4 Å². The Balaban J connectivity index is 1.50. The Morgan fingerprint density at radius 1 is 1.14 bits per heavy atom. The van der Waals surface area contributed by atoms with Crippen molar-refractivity contribution in [3.63, 3.8) is 0 Å². The normalized spacial score (nSPS) is 19.7. The van der Waals surface area contributed by atoms with Gasteiger partial charge < -0.3 is 9.30 Å². The molecule has 28 heavy (non-hydrogen) atoms. The first-order valence-corrected chi connectivity index (χ1v) is 10.2. The Morgan fingerprint density at radius 3 is 2.64 bits per heavy atom. The van der Waals surface area contributed by atoms with Crippen LogP contribution in [0.3, 0.4) is 0 Å². The molecule has 0 unspecified atom stereocenters.